The van der Waals surface area contributed by atoms with Gasteiger partial charge in [-0.1, -0.05) is 37.6 Å². The van der Waals surface area contributed by atoms with Crippen LogP contribution in [0.2, 0.25) is 0 Å². The summed E-state index contributed by atoms with van der Waals surface area (Å²) in [5.41, 5.74) is 2.71. The van der Waals surface area contributed by atoms with E-state index in [0.717, 1.165) is 25.7 Å². The van der Waals surface area contributed by atoms with E-state index in [1.165, 1.54) is 11.1 Å². The minimum atomic E-state index is -0.412. The molecule has 2 rings (SSSR count). The second kappa shape index (κ2) is 6.71. The fourth-order valence-corrected chi connectivity index (χ4v) is 2.82. The summed E-state index contributed by atoms with van der Waals surface area (Å²) >= 11 is 0. The molecule has 2 atom stereocenters. The average molecular weight is 261 g/mol. The third-order valence-corrected chi connectivity index (χ3v) is 3.85. The van der Waals surface area contributed by atoms with Crippen molar-refractivity contribution >= 4 is 5.91 Å². The topological polar surface area (TPSA) is 49.3 Å². The SMILES string of the molecule is CCCC(O)CNC(=O)CC1CCc2ccccc21. The van der Waals surface area contributed by atoms with Gasteiger partial charge in [0.1, 0.15) is 0 Å². The van der Waals surface area contributed by atoms with E-state index in [9.17, 15) is 9.90 Å². The molecule has 0 saturated heterocycles. The van der Waals surface area contributed by atoms with Crippen LogP contribution in [0.4, 0.5) is 0 Å². The van der Waals surface area contributed by atoms with Gasteiger partial charge in [0, 0.05) is 13.0 Å². The lowest BCUT2D eigenvalue weighted by Crippen LogP contribution is -2.32. The normalized spacial score (nSPS) is 18.9. The summed E-state index contributed by atoms with van der Waals surface area (Å²) in [6.07, 6.45) is 3.94. The Bertz CT molecular complexity index is 431. The van der Waals surface area contributed by atoms with E-state index < -0.39 is 6.10 Å². The van der Waals surface area contributed by atoms with Gasteiger partial charge in [0.15, 0.2) is 0 Å². The zero-order chi connectivity index (χ0) is 13.7. The van der Waals surface area contributed by atoms with E-state index in [1.807, 2.05) is 13.0 Å². The van der Waals surface area contributed by atoms with Crippen LogP contribution in [0.25, 0.3) is 0 Å². The molecule has 3 heteroatoms. The number of amides is 1. The highest BCUT2D eigenvalue weighted by Gasteiger charge is 2.24. The molecule has 0 aromatic heterocycles. The van der Waals surface area contributed by atoms with Crippen LogP contribution >= 0.6 is 0 Å². The monoisotopic (exact) mass is 261 g/mol. The molecule has 1 aliphatic carbocycles. The van der Waals surface area contributed by atoms with Gasteiger partial charge in [-0.3, -0.25) is 4.79 Å². The number of hydrogen-bond donors (Lipinski definition) is 2. The standard InChI is InChI=1S/C16H23NO2/c1-2-5-14(18)11-17-16(19)10-13-9-8-12-6-3-4-7-15(12)13/h3-4,6-7,13-14,18H,2,5,8-11H2,1H3,(H,17,19). The Morgan fingerprint density at radius 1 is 1.47 bits per heavy atom. The molecule has 1 aromatic carbocycles. The first-order chi connectivity index (χ1) is 9.20. The molecule has 104 valence electrons. The highest BCUT2D eigenvalue weighted by molar-refractivity contribution is 5.77. The molecule has 2 N–H and O–H groups in total. The highest BCUT2D eigenvalue weighted by atomic mass is 16.3. The molecule has 0 spiro atoms. The Balaban J connectivity index is 1.81. The Hall–Kier alpha value is -1.35. The summed E-state index contributed by atoms with van der Waals surface area (Å²) in [5, 5.41) is 12.4. The summed E-state index contributed by atoms with van der Waals surface area (Å²) < 4.78 is 0. The van der Waals surface area contributed by atoms with Gasteiger partial charge in [-0.15, -0.1) is 0 Å². The molecule has 1 amide bonds. The van der Waals surface area contributed by atoms with E-state index in [0.29, 0.717) is 18.9 Å². The summed E-state index contributed by atoms with van der Waals surface area (Å²) in [6.45, 7) is 2.40. The van der Waals surface area contributed by atoms with Crippen molar-refractivity contribution in [2.45, 2.75) is 51.0 Å². The average Bonchev–Trinajstić information content (AvgIpc) is 2.80. The summed E-state index contributed by atoms with van der Waals surface area (Å²) in [5.74, 6) is 0.399. The second-order valence-corrected chi connectivity index (χ2v) is 5.39. The molecule has 0 fully saturated rings. The molecule has 0 radical (unpaired) electrons. The van der Waals surface area contributed by atoms with Crippen LogP contribution in [-0.4, -0.2) is 23.7 Å². The number of aliphatic hydroxyl groups excluding tert-OH is 1. The van der Waals surface area contributed by atoms with Crippen molar-refractivity contribution in [1.82, 2.24) is 5.32 Å². The van der Waals surface area contributed by atoms with E-state index >= 15 is 0 Å². The molecular formula is C16H23NO2. The van der Waals surface area contributed by atoms with E-state index in [1.54, 1.807) is 0 Å². The van der Waals surface area contributed by atoms with Crippen LogP contribution in [0.1, 0.15) is 49.7 Å². The lowest BCUT2D eigenvalue weighted by Gasteiger charge is -2.14. The molecule has 2 unspecified atom stereocenters. The fraction of sp³-hybridized carbons (Fsp3) is 0.562. The van der Waals surface area contributed by atoms with E-state index in [4.69, 9.17) is 0 Å². The molecule has 1 aliphatic rings. The fourth-order valence-electron chi connectivity index (χ4n) is 2.82. The largest absolute Gasteiger partial charge is 0.391 e. The quantitative estimate of drug-likeness (QED) is 0.826. The van der Waals surface area contributed by atoms with Crippen molar-refractivity contribution in [1.29, 1.82) is 0 Å². The van der Waals surface area contributed by atoms with Gasteiger partial charge in [0.25, 0.3) is 0 Å². The number of fused-ring (bicyclic) bond motifs is 1. The Labute approximate surface area is 115 Å². The van der Waals surface area contributed by atoms with Gasteiger partial charge in [-0.25, -0.2) is 0 Å². The Kier molecular flexibility index (Phi) is 4.97. The Morgan fingerprint density at radius 2 is 2.26 bits per heavy atom. The van der Waals surface area contributed by atoms with Crippen molar-refractivity contribution in [3.05, 3.63) is 35.4 Å². The number of aryl methyl sites for hydroxylation is 1. The van der Waals surface area contributed by atoms with Crippen molar-refractivity contribution in [3.63, 3.8) is 0 Å². The van der Waals surface area contributed by atoms with Crippen LogP contribution in [0, 0.1) is 0 Å². The first-order valence-electron chi connectivity index (χ1n) is 7.23. The zero-order valence-electron chi connectivity index (χ0n) is 11.6. The molecule has 19 heavy (non-hydrogen) atoms. The number of nitrogens with one attached hydrogen (secondary N) is 1. The number of hydrogen-bond acceptors (Lipinski definition) is 2. The lowest BCUT2D eigenvalue weighted by atomic mass is 9.97. The number of carbonyl (C=O) groups excluding carboxylic acids is 1. The van der Waals surface area contributed by atoms with Gasteiger partial charge >= 0.3 is 0 Å². The number of benzene rings is 1. The van der Waals surface area contributed by atoms with Crippen molar-refractivity contribution in [2.75, 3.05) is 6.54 Å². The van der Waals surface area contributed by atoms with Crippen molar-refractivity contribution in [2.24, 2.45) is 0 Å². The minimum absolute atomic E-state index is 0.0526. The molecule has 0 heterocycles. The van der Waals surface area contributed by atoms with Crippen LogP contribution < -0.4 is 5.32 Å². The lowest BCUT2D eigenvalue weighted by molar-refractivity contribution is -0.121. The van der Waals surface area contributed by atoms with Gasteiger partial charge in [-0.05, 0) is 36.3 Å². The van der Waals surface area contributed by atoms with Crippen molar-refractivity contribution in [3.8, 4) is 0 Å². The number of aliphatic hydroxyl groups is 1. The highest BCUT2D eigenvalue weighted by Crippen LogP contribution is 2.34. The van der Waals surface area contributed by atoms with Gasteiger partial charge in [0.05, 0.1) is 6.10 Å². The van der Waals surface area contributed by atoms with Crippen LogP contribution in [0.5, 0.6) is 0 Å². The van der Waals surface area contributed by atoms with Crippen LogP contribution in [-0.2, 0) is 11.2 Å². The van der Waals surface area contributed by atoms with Crippen LogP contribution in [0.3, 0.4) is 0 Å². The molecule has 0 bridgehead atoms. The number of rotatable bonds is 6. The summed E-state index contributed by atoms with van der Waals surface area (Å²) in [6, 6.07) is 8.38. The molecular weight excluding hydrogens is 238 g/mol. The first-order valence-corrected chi connectivity index (χ1v) is 7.23. The van der Waals surface area contributed by atoms with Gasteiger partial charge in [-0.2, -0.15) is 0 Å². The van der Waals surface area contributed by atoms with Crippen molar-refractivity contribution < 1.29 is 9.90 Å². The predicted molar refractivity (Wildman–Crippen MR) is 76.0 cm³/mol. The predicted octanol–water partition coefficient (Wildman–Crippen LogP) is 2.38. The maximum Gasteiger partial charge on any atom is 0.220 e. The molecule has 0 saturated carbocycles. The second-order valence-electron chi connectivity index (χ2n) is 5.39. The summed E-state index contributed by atoms with van der Waals surface area (Å²) in [4.78, 5) is 11.9. The maximum absolute atomic E-state index is 11.9. The van der Waals surface area contributed by atoms with Gasteiger partial charge in [0.2, 0.25) is 5.91 Å². The summed E-state index contributed by atoms with van der Waals surface area (Å²) in [7, 11) is 0. The van der Waals surface area contributed by atoms with E-state index in [2.05, 4.69) is 23.5 Å². The zero-order valence-corrected chi connectivity index (χ0v) is 11.6. The molecule has 1 aromatic rings. The third-order valence-electron chi connectivity index (χ3n) is 3.85. The molecule has 0 aliphatic heterocycles. The van der Waals surface area contributed by atoms with Gasteiger partial charge < -0.3 is 10.4 Å². The first kappa shape index (κ1) is 14.1. The molecule has 3 nitrogen and oxygen atoms in total. The third kappa shape index (κ3) is 3.80. The minimum Gasteiger partial charge on any atom is -0.391 e. The van der Waals surface area contributed by atoms with Crippen LogP contribution in [0.15, 0.2) is 24.3 Å². The smallest absolute Gasteiger partial charge is 0.220 e. The maximum atomic E-state index is 11.9. The Morgan fingerprint density at radius 3 is 3.05 bits per heavy atom. The number of carbonyl (C=O) groups is 1. The van der Waals surface area contributed by atoms with E-state index in [-0.39, 0.29) is 5.91 Å².